The molecular formula is C20H35IN4. The van der Waals surface area contributed by atoms with Gasteiger partial charge in [0, 0.05) is 19.1 Å². The summed E-state index contributed by atoms with van der Waals surface area (Å²) < 4.78 is 0. The quantitative estimate of drug-likeness (QED) is 0.385. The highest BCUT2D eigenvalue weighted by Gasteiger charge is 2.15. The van der Waals surface area contributed by atoms with Gasteiger partial charge in [-0.15, -0.1) is 24.0 Å². The molecule has 0 aliphatic carbocycles. The third-order valence-corrected chi connectivity index (χ3v) is 4.46. The van der Waals surface area contributed by atoms with Crippen molar-refractivity contribution in [3.8, 4) is 0 Å². The number of aliphatic imine (C=N–C) groups is 1. The van der Waals surface area contributed by atoms with Gasteiger partial charge in [-0.3, -0.25) is 4.90 Å². The topological polar surface area (TPSA) is 39.7 Å². The van der Waals surface area contributed by atoms with Crippen LogP contribution in [0.15, 0.2) is 29.3 Å². The Hall–Kier alpha value is -0.820. The molecule has 1 saturated heterocycles. The maximum absolute atomic E-state index is 4.70. The summed E-state index contributed by atoms with van der Waals surface area (Å²) in [6, 6.07) is 9.26. The Morgan fingerprint density at radius 2 is 1.92 bits per heavy atom. The van der Waals surface area contributed by atoms with E-state index >= 15 is 0 Å². The molecule has 0 unspecified atom stereocenters. The SMILES string of the molecule is CCNC(=NCc1cccc(CN2CCC(C)CC2)c1)NC(C)C.I. The van der Waals surface area contributed by atoms with E-state index in [4.69, 9.17) is 4.99 Å². The predicted octanol–water partition coefficient (Wildman–Crippen LogP) is 4.00. The van der Waals surface area contributed by atoms with Crippen LogP contribution in [0.3, 0.4) is 0 Å². The predicted molar refractivity (Wildman–Crippen MR) is 119 cm³/mol. The van der Waals surface area contributed by atoms with Crippen LogP contribution in [0.2, 0.25) is 0 Å². The fourth-order valence-corrected chi connectivity index (χ4v) is 3.07. The number of hydrogen-bond donors (Lipinski definition) is 2. The van der Waals surface area contributed by atoms with E-state index in [2.05, 4.69) is 67.5 Å². The maximum Gasteiger partial charge on any atom is 0.191 e. The van der Waals surface area contributed by atoms with Crippen molar-refractivity contribution in [3.05, 3.63) is 35.4 Å². The van der Waals surface area contributed by atoms with Crippen molar-refractivity contribution < 1.29 is 0 Å². The van der Waals surface area contributed by atoms with E-state index in [-0.39, 0.29) is 24.0 Å². The molecule has 25 heavy (non-hydrogen) atoms. The molecule has 0 aromatic heterocycles. The van der Waals surface area contributed by atoms with Gasteiger partial charge < -0.3 is 10.6 Å². The molecule has 1 aromatic rings. The average molecular weight is 458 g/mol. The highest BCUT2D eigenvalue weighted by molar-refractivity contribution is 14.0. The summed E-state index contributed by atoms with van der Waals surface area (Å²) >= 11 is 0. The number of benzene rings is 1. The molecule has 1 fully saturated rings. The monoisotopic (exact) mass is 458 g/mol. The number of nitrogens with zero attached hydrogens (tertiary/aromatic N) is 2. The van der Waals surface area contributed by atoms with Crippen LogP contribution >= 0.6 is 24.0 Å². The van der Waals surface area contributed by atoms with Gasteiger partial charge in [-0.25, -0.2) is 4.99 Å². The van der Waals surface area contributed by atoms with Gasteiger partial charge in [-0.2, -0.15) is 0 Å². The summed E-state index contributed by atoms with van der Waals surface area (Å²) in [5.74, 6) is 1.78. The molecule has 0 bridgehead atoms. The fourth-order valence-electron chi connectivity index (χ4n) is 3.07. The minimum absolute atomic E-state index is 0. The second-order valence-electron chi connectivity index (χ2n) is 7.27. The summed E-state index contributed by atoms with van der Waals surface area (Å²) in [4.78, 5) is 7.28. The van der Waals surface area contributed by atoms with Crippen molar-refractivity contribution in [1.29, 1.82) is 0 Å². The number of nitrogens with one attached hydrogen (secondary N) is 2. The Bertz CT molecular complexity index is 522. The van der Waals surface area contributed by atoms with Crippen LogP contribution in [0, 0.1) is 5.92 Å². The molecule has 0 amide bonds. The second kappa shape index (κ2) is 11.7. The maximum atomic E-state index is 4.70. The minimum atomic E-state index is 0. The van der Waals surface area contributed by atoms with Gasteiger partial charge in [0.05, 0.1) is 6.54 Å². The molecule has 5 heteroatoms. The Morgan fingerprint density at radius 3 is 2.56 bits per heavy atom. The lowest BCUT2D eigenvalue weighted by molar-refractivity contribution is 0.185. The van der Waals surface area contributed by atoms with E-state index in [1.807, 2.05) is 0 Å². The summed E-state index contributed by atoms with van der Waals surface area (Å²) in [7, 11) is 0. The van der Waals surface area contributed by atoms with Crippen LogP contribution < -0.4 is 10.6 Å². The van der Waals surface area contributed by atoms with Crippen LogP contribution in [0.5, 0.6) is 0 Å². The molecule has 142 valence electrons. The van der Waals surface area contributed by atoms with Crippen LogP contribution in [0.1, 0.15) is 51.7 Å². The first-order chi connectivity index (χ1) is 11.6. The summed E-state index contributed by atoms with van der Waals surface area (Å²) in [6.07, 6.45) is 2.66. The van der Waals surface area contributed by atoms with Gasteiger partial charge in [-0.1, -0.05) is 31.2 Å². The summed E-state index contributed by atoms with van der Waals surface area (Å²) in [5.41, 5.74) is 2.68. The van der Waals surface area contributed by atoms with Crippen molar-refractivity contribution in [2.75, 3.05) is 19.6 Å². The standard InChI is InChI=1S/C20H34N4.HI/c1-5-21-20(23-16(2)3)22-14-18-7-6-8-19(13-18)15-24-11-9-17(4)10-12-24;/h6-8,13,16-17H,5,9-12,14-15H2,1-4H3,(H2,21,22,23);1H. The number of rotatable bonds is 6. The lowest BCUT2D eigenvalue weighted by Gasteiger charge is -2.30. The second-order valence-corrected chi connectivity index (χ2v) is 7.27. The molecule has 0 spiro atoms. The number of halogens is 1. The molecule has 1 aromatic carbocycles. The lowest BCUT2D eigenvalue weighted by atomic mass is 9.98. The number of piperidine rings is 1. The lowest BCUT2D eigenvalue weighted by Crippen LogP contribution is -2.41. The van der Waals surface area contributed by atoms with Crippen LogP contribution in [0.4, 0.5) is 0 Å². The zero-order chi connectivity index (χ0) is 17.4. The van der Waals surface area contributed by atoms with Crippen LogP contribution in [-0.4, -0.2) is 36.5 Å². The van der Waals surface area contributed by atoms with Crippen molar-refractivity contribution in [2.45, 2.75) is 59.7 Å². The Kier molecular flexibility index (Phi) is 10.4. The Labute approximate surface area is 170 Å². The molecule has 0 atom stereocenters. The largest absolute Gasteiger partial charge is 0.357 e. The van der Waals surface area contributed by atoms with Crippen molar-refractivity contribution >= 4 is 29.9 Å². The van der Waals surface area contributed by atoms with Gasteiger partial charge in [0.15, 0.2) is 5.96 Å². The molecular weight excluding hydrogens is 423 g/mol. The number of hydrogen-bond acceptors (Lipinski definition) is 2. The van der Waals surface area contributed by atoms with E-state index in [9.17, 15) is 0 Å². The number of likely N-dealkylation sites (tertiary alicyclic amines) is 1. The first kappa shape index (κ1) is 22.2. The molecule has 1 heterocycles. The van der Waals surface area contributed by atoms with Gasteiger partial charge in [0.1, 0.15) is 0 Å². The molecule has 1 aliphatic heterocycles. The average Bonchev–Trinajstić information content (AvgIpc) is 2.55. The van der Waals surface area contributed by atoms with Crippen molar-refractivity contribution in [1.82, 2.24) is 15.5 Å². The first-order valence-corrected chi connectivity index (χ1v) is 9.41. The highest BCUT2D eigenvalue weighted by atomic mass is 127. The molecule has 2 rings (SSSR count). The van der Waals surface area contributed by atoms with Crippen LogP contribution in [-0.2, 0) is 13.1 Å². The summed E-state index contributed by atoms with van der Waals surface area (Å²) in [6.45, 7) is 13.8. The summed E-state index contributed by atoms with van der Waals surface area (Å²) in [5, 5.41) is 6.67. The Morgan fingerprint density at radius 1 is 1.24 bits per heavy atom. The van der Waals surface area contributed by atoms with Crippen LogP contribution in [0.25, 0.3) is 0 Å². The zero-order valence-corrected chi connectivity index (χ0v) is 18.5. The molecule has 0 radical (unpaired) electrons. The van der Waals surface area contributed by atoms with E-state index in [0.717, 1.165) is 25.0 Å². The minimum Gasteiger partial charge on any atom is -0.357 e. The van der Waals surface area contributed by atoms with Gasteiger partial charge >= 0.3 is 0 Å². The molecule has 1 aliphatic rings. The molecule has 4 nitrogen and oxygen atoms in total. The number of guanidine groups is 1. The Balaban J connectivity index is 0.00000312. The van der Waals surface area contributed by atoms with Gasteiger partial charge in [0.25, 0.3) is 0 Å². The van der Waals surface area contributed by atoms with Gasteiger partial charge in [-0.05, 0) is 63.7 Å². The van der Waals surface area contributed by atoms with E-state index in [1.54, 1.807) is 0 Å². The normalized spacial score (nSPS) is 16.6. The van der Waals surface area contributed by atoms with E-state index in [0.29, 0.717) is 12.6 Å². The van der Waals surface area contributed by atoms with E-state index in [1.165, 1.54) is 37.1 Å². The van der Waals surface area contributed by atoms with Gasteiger partial charge in [0.2, 0.25) is 0 Å². The van der Waals surface area contributed by atoms with Crippen molar-refractivity contribution in [3.63, 3.8) is 0 Å². The molecule has 2 N–H and O–H groups in total. The first-order valence-electron chi connectivity index (χ1n) is 9.41. The third-order valence-electron chi connectivity index (χ3n) is 4.46. The third kappa shape index (κ3) is 8.40. The molecule has 0 saturated carbocycles. The van der Waals surface area contributed by atoms with E-state index < -0.39 is 0 Å². The smallest absolute Gasteiger partial charge is 0.191 e. The zero-order valence-electron chi connectivity index (χ0n) is 16.2. The van der Waals surface area contributed by atoms with Crippen molar-refractivity contribution in [2.24, 2.45) is 10.9 Å². The highest BCUT2D eigenvalue weighted by Crippen LogP contribution is 2.18. The fraction of sp³-hybridized carbons (Fsp3) is 0.650.